The fourth-order valence-corrected chi connectivity index (χ4v) is 3.36. The van der Waals surface area contributed by atoms with Crippen LogP contribution < -0.4 is 0 Å². The minimum atomic E-state index is 0.00535. The van der Waals surface area contributed by atoms with E-state index in [4.69, 9.17) is 5.26 Å². The molecular weight excluding hydrogens is 314 g/mol. The van der Waals surface area contributed by atoms with E-state index >= 15 is 0 Å². The van der Waals surface area contributed by atoms with E-state index < -0.39 is 0 Å². The molecule has 1 aliphatic rings. The van der Waals surface area contributed by atoms with Crippen LogP contribution >= 0.6 is 0 Å². The summed E-state index contributed by atoms with van der Waals surface area (Å²) in [6.45, 7) is 2.33. The first-order chi connectivity index (χ1) is 12.2. The zero-order valence-electron chi connectivity index (χ0n) is 14.5. The van der Waals surface area contributed by atoms with Gasteiger partial charge in [-0.2, -0.15) is 5.26 Å². The maximum Gasteiger partial charge on any atom is 0.255 e. The van der Waals surface area contributed by atoms with Crippen molar-refractivity contribution in [1.82, 2.24) is 19.8 Å². The zero-order valence-corrected chi connectivity index (χ0v) is 14.5. The van der Waals surface area contributed by atoms with Crippen LogP contribution in [0.4, 0.5) is 0 Å². The predicted molar refractivity (Wildman–Crippen MR) is 94.8 cm³/mol. The van der Waals surface area contributed by atoms with Crippen molar-refractivity contribution >= 4 is 5.91 Å². The van der Waals surface area contributed by atoms with Crippen LogP contribution in [0, 0.1) is 11.3 Å². The van der Waals surface area contributed by atoms with Crippen LogP contribution in [-0.2, 0) is 6.54 Å². The van der Waals surface area contributed by atoms with Gasteiger partial charge in [0.2, 0.25) is 0 Å². The molecule has 6 heteroatoms. The number of nitrogens with one attached hydrogen (secondary N) is 1. The minimum absolute atomic E-state index is 0.00535. The Hall–Kier alpha value is -2.65. The van der Waals surface area contributed by atoms with Crippen LogP contribution in [0.2, 0.25) is 0 Å². The highest BCUT2D eigenvalue weighted by Gasteiger charge is 2.24. The lowest BCUT2D eigenvalue weighted by atomic mass is 10.1. The Balaban J connectivity index is 1.58. The van der Waals surface area contributed by atoms with Gasteiger partial charge in [-0.05, 0) is 44.5 Å². The summed E-state index contributed by atoms with van der Waals surface area (Å²) in [4.78, 5) is 24.1. The van der Waals surface area contributed by atoms with Crippen molar-refractivity contribution in [3.8, 4) is 6.07 Å². The summed E-state index contributed by atoms with van der Waals surface area (Å²) in [6.07, 6.45) is 6.45. The number of carbonyl (C=O) groups excluding carboxylic acids is 1. The molecule has 25 heavy (non-hydrogen) atoms. The van der Waals surface area contributed by atoms with E-state index in [0.29, 0.717) is 17.3 Å². The Kier molecular flexibility index (Phi) is 5.46. The van der Waals surface area contributed by atoms with Crippen molar-refractivity contribution in [2.24, 2.45) is 0 Å². The lowest BCUT2D eigenvalue weighted by molar-refractivity contribution is 0.0757. The Bertz CT molecular complexity index is 749. The molecule has 0 bridgehead atoms. The first-order valence-electron chi connectivity index (χ1n) is 8.65. The second-order valence-corrected chi connectivity index (χ2v) is 6.53. The highest BCUT2D eigenvalue weighted by atomic mass is 16.2. The summed E-state index contributed by atoms with van der Waals surface area (Å²) in [5, 5.41) is 8.89. The zero-order chi connectivity index (χ0) is 17.6. The van der Waals surface area contributed by atoms with E-state index in [1.165, 1.54) is 0 Å². The highest BCUT2D eigenvalue weighted by Crippen LogP contribution is 2.19. The second kappa shape index (κ2) is 7.95. The molecule has 1 N–H and O–H groups in total. The van der Waals surface area contributed by atoms with Crippen LogP contribution in [-0.4, -0.2) is 51.9 Å². The fraction of sp³-hybridized carbons (Fsp3) is 0.421. The molecule has 1 atom stereocenters. The molecule has 1 saturated heterocycles. The van der Waals surface area contributed by atoms with Gasteiger partial charge in [-0.1, -0.05) is 6.07 Å². The number of aromatic amines is 1. The maximum atomic E-state index is 12.6. The van der Waals surface area contributed by atoms with E-state index in [1.807, 2.05) is 35.4 Å². The highest BCUT2D eigenvalue weighted by molar-refractivity contribution is 5.94. The smallest absolute Gasteiger partial charge is 0.255 e. The van der Waals surface area contributed by atoms with E-state index in [2.05, 4.69) is 21.9 Å². The Morgan fingerprint density at radius 2 is 2.32 bits per heavy atom. The van der Waals surface area contributed by atoms with Gasteiger partial charge in [0.25, 0.3) is 5.91 Å². The van der Waals surface area contributed by atoms with Crippen LogP contribution in [0.1, 0.15) is 41.0 Å². The van der Waals surface area contributed by atoms with Crippen molar-refractivity contribution in [2.75, 3.05) is 20.1 Å². The topological polar surface area (TPSA) is 76.0 Å². The number of hydrogen-bond donors (Lipinski definition) is 1. The standard InChI is InChI=1S/C19H23N5O/c1-23(14-16-5-2-3-8-21-16)18-6-4-9-24(10-7-18)19(25)15-11-17(12-20)22-13-15/h2-3,5,8,11,13,18,22H,4,6-7,9-10,14H2,1H3/t18-/m1/s1. The largest absolute Gasteiger partial charge is 0.352 e. The average Bonchev–Trinajstić information content (AvgIpc) is 2.98. The Labute approximate surface area is 148 Å². The SMILES string of the molecule is CN(Cc1ccccn1)[C@@H]1CCCN(C(=O)c2c[nH]c(C#N)c2)CC1. The maximum absolute atomic E-state index is 12.6. The molecule has 0 aromatic carbocycles. The number of nitriles is 1. The number of amides is 1. The molecule has 6 nitrogen and oxygen atoms in total. The monoisotopic (exact) mass is 337 g/mol. The van der Waals surface area contributed by atoms with Crippen molar-refractivity contribution in [2.45, 2.75) is 31.8 Å². The minimum Gasteiger partial charge on any atom is -0.352 e. The van der Waals surface area contributed by atoms with Gasteiger partial charge in [-0.25, -0.2) is 0 Å². The first-order valence-corrected chi connectivity index (χ1v) is 8.65. The van der Waals surface area contributed by atoms with Crippen molar-refractivity contribution < 1.29 is 4.79 Å². The quantitative estimate of drug-likeness (QED) is 0.929. The number of aromatic nitrogens is 2. The van der Waals surface area contributed by atoms with E-state index in [0.717, 1.165) is 44.6 Å². The van der Waals surface area contributed by atoms with Crippen LogP contribution in [0.5, 0.6) is 0 Å². The molecule has 0 radical (unpaired) electrons. The van der Waals surface area contributed by atoms with Crippen molar-refractivity contribution in [3.63, 3.8) is 0 Å². The fourth-order valence-electron chi connectivity index (χ4n) is 3.36. The summed E-state index contributed by atoms with van der Waals surface area (Å²) >= 11 is 0. The van der Waals surface area contributed by atoms with Gasteiger partial charge in [0.15, 0.2) is 0 Å². The van der Waals surface area contributed by atoms with Gasteiger partial charge < -0.3 is 9.88 Å². The van der Waals surface area contributed by atoms with Gasteiger partial charge in [-0.3, -0.25) is 14.7 Å². The lowest BCUT2D eigenvalue weighted by Gasteiger charge is -2.27. The lowest BCUT2D eigenvalue weighted by Crippen LogP contribution is -2.34. The normalized spacial score (nSPS) is 18.0. The van der Waals surface area contributed by atoms with Crippen LogP contribution in [0.3, 0.4) is 0 Å². The van der Waals surface area contributed by atoms with E-state index in [9.17, 15) is 4.79 Å². The molecular formula is C19H23N5O. The molecule has 1 amide bonds. The molecule has 2 aromatic heterocycles. The van der Waals surface area contributed by atoms with Crippen LogP contribution in [0.15, 0.2) is 36.7 Å². The van der Waals surface area contributed by atoms with Gasteiger partial charge in [-0.15, -0.1) is 0 Å². The van der Waals surface area contributed by atoms with E-state index in [-0.39, 0.29) is 5.91 Å². The molecule has 0 spiro atoms. The summed E-state index contributed by atoms with van der Waals surface area (Å²) in [5.74, 6) is 0.00535. The summed E-state index contributed by atoms with van der Waals surface area (Å²) in [6, 6.07) is 10.1. The van der Waals surface area contributed by atoms with Gasteiger partial charge >= 0.3 is 0 Å². The van der Waals surface area contributed by atoms with Crippen LogP contribution in [0.25, 0.3) is 0 Å². The number of nitrogens with zero attached hydrogens (tertiary/aromatic N) is 4. The molecule has 1 fully saturated rings. The Morgan fingerprint density at radius 3 is 3.04 bits per heavy atom. The number of pyridine rings is 1. The van der Waals surface area contributed by atoms with Gasteiger partial charge in [0.1, 0.15) is 11.8 Å². The third-order valence-corrected chi connectivity index (χ3v) is 4.80. The summed E-state index contributed by atoms with van der Waals surface area (Å²) < 4.78 is 0. The molecule has 130 valence electrons. The number of rotatable bonds is 4. The van der Waals surface area contributed by atoms with Gasteiger partial charge in [0, 0.05) is 38.1 Å². The Morgan fingerprint density at radius 1 is 1.44 bits per heavy atom. The van der Waals surface area contributed by atoms with Crippen molar-refractivity contribution in [1.29, 1.82) is 5.26 Å². The molecule has 0 aliphatic carbocycles. The first kappa shape index (κ1) is 17.2. The summed E-state index contributed by atoms with van der Waals surface area (Å²) in [5.41, 5.74) is 2.06. The average molecular weight is 337 g/mol. The number of carbonyl (C=O) groups is 1. The molecule has 3 rings (SSSR count). The molecule has 0 unspecified atom stereocenters. The number of hydrogen-bond acceptors (Lipinski definition) is 4. The second-order valence-electron chi connectivity index (χ2n) is 6.53. The predicted octanol–water partition coefficient (Wildman–Crippen LogP) is 2.41. The molecule has 3 heterocycles. The molecule has 2 aromatic rings. The van der Waals surface area contributed by atoms with Crippen molar-refractivity contribution in [3.05, 3.63) is 53.6 Å². The van der Waals surface area contributed by atoms with Gasteiger partial charge in [0.05, 0.1) is 11.3 Å². The third-order valence-electron chi connectivity index (χ3n) is 4.80. The van der Waals surface area contributed by atoms with E-state index in [1.54, 1.807) is 12.3 Å². The number of H-pyrrole nitrogens is 1. The third kappa shape index (κ3) is 4.25. The number of likely N-dealkylation sites (tertiary alicyclic amines) is 1. The molecule has 1 aliphatic heterocycles. The summed E-state index contributed by atoms with van der Waals surface area (Å²) in [7, 11) is 2.13. The molecule has 0 saturated carbocycles.